The molecule has 0 saturated carbocycles. The molecule has 2 fully saturated rings. The maximum absolute atomic E-state index is 12.5. The first-order valence-corrected chi connectivity index (χ1v) is 8.59. The Labute approximate surface area is 141 Å². The first-order chi connectivity index (χ1) is 11.4. The molecule has 3 rings (SSSR count). The van der Waals surface area contributed by atoms with Gasteiger partial charge in [0.1, 0.15) is 11.3 Å². The molecule has 8 nitrogen and oxygen atoms in total. The Kier molecular flexibility index (Phi) is 4.58. The summed E-state index contributed by atoms with van der Waals surface area (Å²) in [6, 6.07) is 0.166. The van der Waals surface area contributed by atoms with Gasteiger partial charge in [0.15, 0.2) is 0 Å². The van der Waals surface area contributed by atoms with Crippen molar-refractivity contribution in [1.82, 2.24) is 24.8 Å². The number of rotatable bonds is 4. The van der Waals surface area contributed by atoms with E-state index in [1.54, 1.807) is 20.7 Å². The third-order valence-corrected chi connectivity index (χ3v) is 4.86. The van der Waals surface area contributed by atoms with Crippen molar-refractivity contribution >= 4 is 11.8 Å². The highest BCUT2D eigenvalue weighted by Gasteiger charge is 2.42. The maximum Gasteiger partial charge on any atom is 0.242 e. The monoisotopic (exact) mass is 335 g/mol. The van der Waals surface area contributed by atoms with Crippen molar-refractivity contribution in [3.8, 4) is 0 Å². The van der Waals surface area contributed by atoms with Crippen molar-refractivity contribution in [2.45, 2.75) is 51.2 Å². The highest BCUT2D eigenvalue weighted by molar-refractivity contribution is 5.85. The summed E-state index contributed by atoms with van der Waals surface area (Å²) in [7, 11) is 0. The summed E-state index contributed by atoms with van der Waals surface area (Å²) in [6.45, 7) is 5.39. The zero-order valence-electron chi connectivity index (χ0n) is 14.3. The SMILES string of the molecule is CC(C)n1cc(C2(O)CCN(C(=O)CN3CCCCC3=O)C2)nn1. The minimum absolute atomic E-state index is 0.0453. The number of hydrogen-bond acceptors (Lipinski definition) is 5. The summed E-state index contributed by atoms with van der Waals surface area (Å²) < 4.78 is 1.70. The Bertz CT molecular complexity index is 629. The first-order valence-electron chi connectivity index (χ1n) is 8.59. The van der Waals surface area contributed by atoms with Crippen LogP contribution in [-0.4, -0.2) is 67.9 Å². The molecule has 3 heterocycles. The third kappa shape index (κ3) is 3.28. The van der Waals surface area contributed by atoms with Gasteiger partial charge in [-0.15, -0.1) is 5.10 Å². The van der Waals surface area contributed by atoms with Gasteiger partial charge in [-0.05, 0) is 26.7 Å². The Hall–Kier alpha value is -1.96. The average molecular weight is 335 g/mol. The fourth-order valence-corrected chi connectivity index (χ4v) is 3.25. The molecule has 1 atom stereocenters. The van der Waals surface area contributed by atoms with E-state index < -0.39 is 5.60 Å². The maximum atomic E-state index is 12.5. The molecule has 2 aliphatic rings. The lowest BCUT2D eigenvalue weighted by Gasteiger charge is -2.28. The van der Waals surface area contributed by atoms with Gasteiger partial charge in [0.2, 0.25) is 11.8 Å². The summed E-state index contributed by atoms with van der Waals surface area (Å²) in [6.07, 6.45) is 4.55. The minimum Gasteiger partial charge on any atom is -0.381 e. The molecule has 0 spiro atoms. The Morgan fingerprint density at radius 1 is 1.38 bits per heavy atom. The summed E-state index contributed by atoms with van der Waals surface area (Å²) >= 11 is 0. The number of amides is 2. The average Bonchev–Trinajstić information content (AvgIpc) is 3.17. The normalized spacial score (nSPS) is 24.9. The number of carbonyl (C=O) groups excluding carboxylic acids is 2. The van der Waals surface area contributed by atoms with E-state index >= 15 is 0 Å². The Morgan fingerprint density at radius 3 is 2.83 bits per heavy atom. The summed E-state index contributed by atoms with van der Waals surface area (Å²) in [4.78, 5) is 27.6. The Balaban J connectivity index is 1.63. The minimum atomic E-state index is -1.16. The molecule has 2 amide bonds. The zero-order valence-corrected chi connectivity index (χ0v) is 14.3. The lowest BCUT2D eigenvalue weighted by atomic mass is 10.00. The molecular weight excluding hydrogens is 310 g/mol. The van der Waals surface area contributed by atoms with Crippen LogP contribution in [-0.2, 0) is 15.2 Å². The predicted molar refractivity (Wildman–Crippen MR) is 85.9 cm³/mol. The van der Waals surface area contributed by atoms with Gasteiger partial charge in [-0.25, -0.2) is 4.68 Å². The van der Waals surface area contributed by atoms with Crippen LogP contribution in [0.2, 0.25) is 0 Å². The highest BCUT2D eigenvalue weighted by atomic mass is 16.3. The molecule has 132 valence electrons. The third-order valence-electron chi connectivity index (χ3n) is 4.86. The quantitative estimate of drug-likeness (QED) is 0.854. The van der Waals surface area contributed by atoms with Crippen molar-refractivity contribution in [2.75, 3.05) is 26.2 Å². The lowest BCUT2D eigenvalue weighted by Crippen LogP contribution is -2.45. The molecule has 0 aliphatic carbocycles. The number of aliphatic hydroxyl groups is 1. The van der Waals surface area contributed by atoms with E-state index in [4.69, 9.17) is 0 Å². The van der Waals surface area contributed by atoms with E-state index in [1.165, 1.54) is 0 Å². The van der Waals surface area contributed by atoms with E-state index in [0.29, 0.717) is 31.6 Å². The smallest absolute Gasteiger partial charge is 0.242 e. The molecule has 1 aromatic rings. The number of hydrogen-bond donors (Lipinski definition) is 1. The van der Waals surface area contributed by atoms with E-state index in [1.807, 2.05) is 13.8 Å². The van der Waals surface area contributed by atoms with Gasteiger partial charge in [0, 0.05) is 32.0 Å². The van der Waals surface area contributed by atoms with Crippen LogP contribution >= 0.6 is 0 Å². The molecule has 2 saturated heterocycles. The second kappa shape index (κ2) is 6.51. The van der Waals surface area contributed by atoms with Crippen LogP contribution in [0.15, 0.2) is 6.20 Å². The van der Waals surface area contributed by atoms with Crippen LogP contribution in [0, 0.1) is 0 Å². The largest absolute Gasteiger partial charge is 0.381 e. The fraction of sp³-hybridized carbons (Fsp3) is 0.750. The molecule has 1 N–H and O–H groups in total. The van der Waals surface area contributed by atoms with Gasteiger partial charge in [0.05, 0.1) is 19.3 Å². The molecule has 1 unspecified atom stereocenters. The molecule has 1 aromatic heterocycles. The van der Waals surface area contributed by atoms with Gasteiger partial charge in [-0.2, -0.15) is 0 Å². The van der Waals surface area contributed by atoms with Crippen molar-refractivity contribution in [2.24, 2.45) is 0 Å². The number of piperidine rings is 1. The number of carbonyl (C=O) groups is 2. The first kappa shape index (κ1) is 16.9. The van der Waals surface area contributed by atoms with Gasteiger partial charge in [0.25, 0.3) is 0 Å². The second-order valence-corrected chi connectivity index (χ2v) is 7.05. The standard InChI is InChI=1S/C16H25N5O3/c1-12(2)21-9-13(17-18-21)16(24)6-8-20(11-16)15(23)10-19-7-4-3-5-14(19)22/h9,12,24H,3-8,10-11H2,1-2H3. The molecule has 0 radical (unpaired) electrons. The van der Waals surface area contributed by atoms with E-state index in [0.717, 1.165) is 12.8 Å². The molecule has 24 heavy (non-hydrogen) atoms. The van der Waals surface area contributed by atoms with Gasteiger partial charge < -0.3 is 14.9 Å². The number of β-amino-alcohol motifs (C(OH)–C–C–N with tert-alkyl or cyclic N) is 1. The van der Waals surface area contributed by atoms with Crippen molar-refractivity contribution in [3.05, 3.63) is 11.9 Å². The lowest BCUT2D eigenvalue weighted by molar-refractivity contribution is -0.141. The van der Waals surface area contributed by atoms with E-state index in [-0.39, 0.29) is 30.9 Å². The summed E-state index contributed by atoms with van der Waals surface area (Å²) in [5, 5.41) is 18.9. The van der Waals surface area contributed by atoms with Crippen LogP contribution in [0.25, 0.3) is 0 Å². The topological polar surface area (TPSA) is 91.6 Å². The van der Waals surface area contributed by atoms with Crippen LogP contribution < -0.4 is 0 Å². The molecule has 2 aliphatic heterocycles. The number of nitrogens with zero attached hydrogens (tertiary/aromatic N) is 5. The van der Waals surface area contributed by atoms with Crippen molar-refractivity contribution in [3.63, 3.8) is 0 Å². The van der Waals surface area contributed by atoms with Crippen molar-refractivity contribution in [1.29, 1.82) is 0 Å². The predicted octanol–water partition coefficient (Wildman–Crippen LogP) is 0.291. The fourth-order valence-electron chi connectivity index (χ4n) is 3.25. The summed E-state index contributed by atoms with van der Waals surface area (Å²) in [5.74, 6) is -0.0682. The van der Waals surface area contributed by atoms with Crippen LogP contribution in [0.3, 0.4) is 0 Å². The van der Waals surface area contributed by atoms with Gasteiger partial charge in [-0.3, -0.25) is 9.59 Å². The van der Waals surface area contributed by atoms with E-state index in [9.17, 15) is 14.7 Å². The van der Waals surface area contributed by atoms with Crippen molar-refractivity contribution < 1.29 is 14.7 Å². The molecule has 0 bridgehead atoms. The van der Waals surface area contributed by atoms with Gasteiger partial charge in [-0.1, -0.05) is 5.21 Å². The number of aromatic nitrogens is 3. The number of likely N-dealkylation sites (tertiary alicyclic amines) is 2. The van der Waals surface area contributed by atoms with E-state index in [2.05, 4.69) is 10.3 Å². The summed E-state index contributed by atoms with van der Waals surface area (Å²) in [5.41, 5.74) is -0.658. The zero-order chi connectivity index (χ0) is 17.3. The highest BCUT2D eigenvalue weighted by Crippen LogP contribution is 2.31. The van der Waals surface area contributed by atoms with Crippen LogP contribution in [0.4, 0.5) is 0 Å². The molecule has 0 aromatic carbocycles. The van der Waals surface area contributed by atoms with Crippen LogP contribution in [0.5, 0.6) is 0 Å². The molecule has 8 heteroatoms. The Morgan fingerprint density at radius 2 is 2.17 bits per heavy atom. The van der Waals surface area contributed by atoms with Gasteiger partial charge >= 0.3 is 0 Å². The molecular formula is C16H25N5O3. The second-order valence-electron chi connectivity index (χ2n) is 7.05. The van der Waals surface area contributed by atoms with Crippen LogP contribution in [0.1, 0.15) is 51.3 Å².